The molecule has 21 heavy (non-hydrogen) atoms. The van der Waals surface area contributed by atoms with Gasteiger partial charge in [0.15, 0.2) is 0 Å². The summed E-state index contributed by atoms with van der Waals surface area (Å²) in [5.41, 5.74) is 0. The molecule has 0 bridgehead atoms. The Bertz CT molecular complexity index is 592. The van der Waals surface area contributed by atoms with E-state index in [0.717, 1.165) is 12.1 Å². The fourth-order valence-electron chi connectivity index (χ4n) is 2.54. The summed E-state index contributed by atoms with van der Waals surface area (Å²) in [6, 6.07) is 4.65. The van der Waals surface area contributed by atoms with Gasteiger partial charge in [0, 0.05) is 6.54 Å². The lowest BCUT2D eigenvalue weighted by molar-refractivity contribution is -0.143. The number of halogens is 1. The van der Waals surface area contributed by atoms with Crippen molar-refractivity contribution in [2.45, 2.75) is 30.6 Å². The lowest BCUT2D eigenvalue weighted by Gasteiger charge is -2.26. The standard InChI is InChI=1S/C14H18FNO4S/c15-12-5-7-13(8-6-12)21(19,20)16-9-10-1-3-11(4-2-10)14(17)18/h5-8,10-11,16H,1-4,9H2,(H,17,18). The lowest BCUT2D eigenvalue weighted by atomic mass is 9.82. The molecule has 0 heterocycles. The molecule has 1 aliphatic carbocycles. The molecule has 0 radical (unpaired) electrons. The molecule has 0 spiro atoms. The average molecular weight is 315 g/mol. The van der Waals surface area contributed by atoms with Gasteiger partial charge in [0.25, 0.3) is 0 Å². The molecule has 2 rings (SSSR count). The van der Waals surface area contributed by atoms with Crippen molar-refractivity contribution in [3.8, 4) is 0 Å². The second-order valence-electron chi connectivity index (χ2n) is 5.36. The van der Waals surface area contributed by atoms with Crippen molar-refractivity contribution >= 4 is 16.0 Å². The van der Waals surface area contributed by atoms with Crippen LogP contribution >= 0.6 is 0 Å². The highest BCUT2D eigenvalue weighted by Gasteiger charge is 2.26. The van der Waals surface area contributed by atoms with Crippen LogP contribution in [0.2, 0.25) is 0 Å². The van der Waals surface area contributed by atoms with E-state index >= 15 is 0 Å². The first-order chi connectivity index (χ1) is 9.88. The van der Waals surface area contributed by atoms with Crippen molar-refractivity contribution in [2.24, 2.45) is 11.8 Å². The zero-order valence-corrected chi connectivity index (χ0v) is 12.3. The van der Waals surface area contributed by atoms with Gasteiger partial charge in [-0.25, -0.2) is 17.5 Å². The molecule has 0 atom stereocenters. The van der Waals surface area contributed by atoms with Gasteiger partial charge in [-0.2, -0.15) is 0 Å². The number of carboxylic acids is 1. The number of hydrogen-bond donors (Lipinski definition) is 2. The quantitative estimate of drug-likeness (QED) is 0.870. The van der Waals surface area contributed by atoms with Crippen LogP contribution in [0, 0.1) is 17.7 Å². The fourth-order valence-corrected chi connectivity index (χ4v) is 3.65. The molecule has 2 N–H and O–H groups in total. The monoisotopic (exact) mass is 315 g/mol. The number of carboxylic acid groups (broad SMARTS) is 1. The second-order valence-corrected chi connectivity index (χ2v) is 7.13. The maximum Gasteiger partial charge on any atom is 0.306 e. The average Bonchev–Trinajstić information content (AvgIpc) is 2.46. The fraction of sp³-hybridized carbons (Fsp3) is 0.500. The first kappa shape index (κ1) is 15.9. The van der Waals surface area contributed by atoms with Gasteiger partial charge in [0.1, 0.15) is 5.82 Å². The van der Waals surface area contributed by atoms with E-state index in [9.17, 15) is 17.6 Å². The normalized spacial score (nSPS) is 22.9. The summed E-state index contributed by atoms with van der Waals surface area (Å²) in [6.45, 7) is 0.284. The van der Waals surface area contributed by atoms with Crippen LogP contribution in [0.3, 0.4) is 0 Å². The number of nitrogens with one attached hydrogen (secondary N) is 1. The Balaban J connectivity index is 1.88. The van der Waals surface area contributed by atoms with Crippen LogP contribution in [-0.4, -0.2) is 26.0 Å². The molecule has 1 aliphatic rings. The van der Waals surface area contributed by atoms with E-state index in [2.05, 4.69) is 4.72 Å². The molecule has 5 nitrogen and oxygen atoms in total. The zero-order chi connectivity index (χ0) is 15.5. The highest BCUT2D eigenvalue weighted by molar-refractivity contribution is 7.89. The molecule has 1 aromatic rings. The highest BCUT2D eigenvalue weighted by atomic mass is 32.2. The van der Waals surface area contributed by atoms with Gasteiger partial charge in [-0.1, -0.05) is 0 Å². The molecule has 1 aromatic carbocycles. The Morgan fingerprint density at radius 3 is 2.29 bits per heavy atom. The summed E-state index contributed by atoms with van der Waals surface area (Å²) in [6.07, 6.45) is 2.56. The summed E-state index contributed by atoms with van der Waals surface area (Å²) < 4.78 is 39.4. The Morgan fingerprint density at radius 2 is 1.76 bits per heavy atom. The minimum Gasteiger partial charge on any atom is -0.481 e. The Labute approximate surface area is 123 Å². The molecule has 1 fully saturated rings. The maximum absolute atomic E-state index is 12.8. The Hall–Kier alpha value is -1.47. The van der Waals surface area contributed by atoms with Gasteiger partial charge in [0.05, 0.1) is 10.8 Å². The van der Waals surface area contributed by atoms with Crippen molar-refractivity contribution in [1.29, 1.82) is 0 Å². The molecule has 0 amide bonds. The highest BCUT2D eigenvalue weighted by Crippen LogP contribution is 2.28. The minimum atomic E-state index is -3.64. The second kappa shape index (κ2) is 6.53. The zero-order valence-electron chi connectivity index (χ0n) is 11.5. The van der Waals surface area contributed by atoms with Crippen molar-refractivity contribution in [1.82, 2.24) is 4.72 Å². The molecule has 0 unspecified atom stereocenters. The predicted molar refractivity (Wildman–Crippen MR) is 74.7 cm³/mol. The molecule has 0 saturated heterocycles. The predicted octanol–water partition coefficient (Wildman–Crippen LogP) is 2.00. The first-order valence-corrected chi connectivity index (χ1v) is 8.35. The SMILES string of the molecule is O=C(O)C1CCC(CNS(=O)(=O)c2ccc(F)cc2)CC1. The summed E-state index contributed by atoms with van der Waals surface area (Å²) >= 11 is 0. The van der Waals surface area contributed by atoms with Gasteiger partial charge in [-0.05, 0) is 55.9 Å². The topological polar surface area (TPSA) is 83.5 Å². The van der Waals surface area contributed by atoms with Crippen molar-refractivity contribution in [2.75, 3.05) is 6.54 Å². The summed E-state index contributed by atoms with van der Waals surface area (Å²) in [5.74, 6) is -1.42. The van der Waals surface area contributed by atoms with E-state index in [1.165, 1.54) is 12.1 Å². The van der Waals surface area contributed by atoms with Crippen LogP contribution in [0.5, 0.6) is 0 Å². The van der Waals surface area contributed by atoms with Gasteiger partial charge in [-0.15, -0.1) is 0 Å². The van der Waals surface area contributed by atoms with E-state index in [4.69, 9.17) is 5.11 Å². The van der Waals surface area contributed by atoms with E-state index in [0.29, 0.717) is 25.7 Å². The summed E-state index contributed by atoms with van der Waals surface area (Å²) in [4.78, 5) is 10.9. The third-order valence-corrected chi connectivity index (χ3v) is 5.32. The number of benzene rings is 1. The molecular formula is C14H18FNO4S. The van der Waals surface area contributed by atoms with Crippen LogP contribution in [0.25, 0.3) is 0 Å². The van der Waals surface area contributed by atoms with Gasteiger partial charge in [0.2, 0.25) is 10.0 Å². The van der Waals surface area contributed by atoms with E-state index < -0.39 is 21.8 Å². The number of rotatable bonds is 5. The van der Waals surface area contributed by atoms with Crippen LogP contribution in [0.15, 0.2) is 29.2 Å². The molecular weight excluding hydrogens is 297 g/mol. The van der Waals surface area contributed by atoms with Crippen molar-refractivity contribution in [3.63, 3.8) is 0 Å². The molecule has 0 aromatic heterocycles. The van der Waals surface area contributed by atoms with Crippen LogP contribution < -0.4 is 4.72 Å². The van der Waals surface area contributed by atoms with Gasteiger partial charge in [-0.3, -0.25) is 4.79 Å². The molecule has 116 valence electrons. The number of hydrogen-bond acceptors (Lipinski definition) is 3. The van der Waals surface area contributed by atoms with Crippen molar-refractivity contribution < 1.29 is 22.7 Å². The third kappa shape index (κ3) is 4.25. The number of carbonyl (C=O) groups is 1. The van der Waals surface area contributed by atoms with E-state index in [1.54, 1.807) is 0 Å². The Morgan fingerprint density at radius 1 is 1.19 bits per heavy atom. The van der Waals surface area contributed by atoms with E-state index in [1.807, 2.05) is 0 Å². The Kier molecular flexibility index (Phi) is 4.95. The number of sulfonamides is 1. The third-order valence-electron chi connectivity index (χ3n) is 3.88. The van der Waals surface area contributed by atoms with Gasteiger partial charge >= 0.3 is 5.97 Å². The van der Waals surface area contributed by atoms with Crippen LogP contribution in [0.4, 0.5) is 4.39 Å². The molecule has 1 saturated carbocycles. The molecule has 7 heteroatoms. The molecule has 0 aliphatic heterocycles. The van der Waals surface area contributed by atoms with Crippen molar-refractivity contribution in [3.05, 3.63) is 30.1 Å². The largest absolute Gasteiger partial charge is 0.481 e. The summed E-state index contributed by atoms with van der Waals surface area (Å²) in [7, 11) is -3.64. The van der Waals surface area contributed by atoms with Gasteiger partial charge < -0.3 is 5.11 Å². The minimum absolute atomic E-state index is 0.0307. The number of aliphatic carboxylic acids is 1. The summed E-state index contributed by atoms with van der Waals surface area (Å²) in [5, 5.41) is 8.91. The van der Waals surface area contributed by atoms with Crippen LogP contribution in [0.1, 0.15) is 25.7 Å². The smallest absolute Gasteiger partial charge is 0.306 e. The maximum atomic E-state index is 12.8. The first-order valence-electron chi connectivity index (χ1n) is 6.86. The van der Waals surface area contributed by atoms with E-state index in [-0.39, 0.29) is 23.3 Å². The lowest BCUT2D eigenvalue weighted by Crippen LogP contribution is -2.32. The van der Waals surface area contributed by atoms with Crippen LogP contribution in [-0.2, 0) is 14.8 Å².